The van der Waals surface area contributed by atoms with Crippen molar-refractivity contribution in [2.75, 3.05) is 6.61 Å². The number of hydrogen-bond donors (Lipinski definition) is 0. The summed E-state index contributed by atoms with van der Waals surface area (Å²) in [5, 5.41) is 0. The molecule has 1 aliphatic carbocycles. The molecule has 2 aromatic carbocycles. The smallest absolute Gasteiger partial charge is 0.328 e. The maximum Gasteiger partial charge on any atom is 0.328 e. The number of ether oxygens (including phenoxy) is 2. The normalized spacial score (nSPS) is 29.5. The molecule has 0 saturated heterocycles. The van der Waals surface area contributed by atoms with Crippen molar-refractivity contribution in [1.29, 1.82) is 0 Å². The molecule has 3 nitrogen and oxygen atoms in total. The zero-order chi connectivity index (χ0) is 20.9. The van der Waals surface area contributed by atoms with Gasteiger partial charge in [0.05, 0.1) is 12.6 Å². The van der Waals surface area contributed by atoms with Crippen LogP contribution in [0, 0.1) is 0 Å². The molecule has 29 heavy (non-hydrogen) atoms. The second-order valence-electron chi connectivity index (χ2n) is 7.44. The number of alkyl halides is 4. The fourth-order valence-corrected chi connectivity index (χ4v) is 4.08. The highest BCUT2D eigenvalue weighted by Crippen LogP contribution is 2.65. The van der Waals surface area contributed by atoms with E-state index in [1.54, 1.807) is 38.1 Å². The lowest BCUT2D eigenvalue weighted by Gasteiger charge is -2.53. The minimum Gasteiger partial charge on any atom is -0.494 e. The lowest BCUT2D eigenvalue weighted by atomic mass is 9.58. The molecule has 1 unspecified atom stereocenters. The fourth-order valence-electron chi connectivity index (χ4n) is 4.08. The molecule has 1 saturated carbocycles. The monoisotopic (exact) mass is 407 g/mol. The number of rotatable bonds is 5. The molecule has 0 radical (unpaired) electrons. The number of hydrogen-bond acceptors (Lipinski definition) is 3. The van der Waals surface area contributed by atoms with Gasteiger partial charge in [0.2, 0.25) is 5.90 Å². The van der Waals surface area contributed by atoms with E-state index in [2.05, 4.69) is 4.99 Å². The average molecular weight is 407 g/mol. The van der Waals surface area contributed by atoms with Crippen LogP contribution in [0.15, 0.2) is 59.6 Å². The van der Waals surface area contributed by atoms with Crippen LogP contribution in [0.5, 0.6) is 5.75 Å². The van der Waals surface area contributed by atoms with E-state index < -0.39 is 35.8 Å². The topological polar surface area (TPSA) is 30.8 Å². The van der Waals surface area contributed by atoms with Crippen LogP contribution in [0.25, 0.3) is 0 Å². The third kappa shape index (κ3) is 2.81. The molecule has 1 aliphatic heterocycles. The van der Waals surface area contributed by atoms with E-state index in [9.17, 15) is 17.6 Å². The van der Waals surface area contributed by atoms with Gasteiger partial charge in [-0.15, -0.1) is 0 Å². The van der Waals surface area contributed by atoms with Gasteiger partial charge in [-0.2, -0.15) is 17.6 Å². The van der Waals surface area contributed by atoms with E-state index in [-0.39, 0.29) is 11.5 Å². The quantitative estimate of drug-likeness (QED) is 0.608. The Morgan fingerprint density at radius 2 is 1.69 bits per heavy atom. The summed E-state index contributed by atoms with van der Waals surface area (Å²) in [5.74, 6) is -8.31. The van der Waals surface area contributed by atoms with Crippen LogP contribution in [0.4, 0.5) is 17.6 Å². The van der Waals surface area contributed by atoms with Crippen molar-refractivity contribution in [1.82, 2.24) is 0 Å². The molecule has 4 rings (SSSR count). The van der Waals surface area contributed by atoms with E-state index >= 15 is 0 Å². The van der Waals surface area contributed by atoms with Crippen LogP contribution < -0.4 is 4.74 Å². The fraction of sp³-hybridized carbons (Fsp3) is 0.409. The van der Waals surface area contributed by atoms with Crippen molar-refractivity contribution in [2.24, 2.45) is 4.99 Å². The molecular weight excluding hydrogens is 386 g/mol. The zero-order valence-electron chi connectivity index (χ0n) is 16.0. The minimum atomic E-state index is -4.32. The first-order chi connectivity index (χ1) is 13.7. The van der Waals surface area contributed by atoms with Gasteiger partial charge in [0, 0.05) is 6.42 Å². The molecule has 3 atom stereocenters. The van der Waals surface area contributed by atoms with Gasteiger partial charge in [0.15, 0.2) is 0 Å². The SMILES string of the molecule is CCOc1ccc(C2(C3=N[C@H](C)[C@H](c4ccccc4)O3)CC(F)(F)C2(F)F)cc1. The number of halogens is 4. The summed E-state index contributed by atoms with van der Waals surface area (Å²) in [6.45, 7) is 3.93. The molecule has 0 spiro atoms. The van der Waals surface area contributed by atoms with E-state index in [0.29, 0.717) is 12.4 Å². The molecule has 0 N–H and O–H groups in total. The standard InChI is InChI=1S/C22H21F4NO2/c1-3-28-17-11-9-16(10-12-17)20(13-21(23,24)22(20,25)26)19-27-14(2)18(29-19)15-7-5-4-6-8-15/h4-12,14,18H,3,13H2,1-2H3/t14-,18-,20?/m1/s1. The van der Waals surface area contributed by atoms with Crippen molar-refractivity contribution < 1.29 is 27.0 Å². The molecule has 154 valence electrons. The van der Waals surface area contributed by atoms with Gasteiger partial charge in [-0.3, -0.25) is 0 Å². The van der Waals surface area contributed by atoms with Crippen LogP contribution in [-0.2, 0) is 10.2 Å². The number of aliphatic imine (C=N–C) groups is 1. The van der Waals surface area contributed by atoms with Crippen LogP contribution in [0.1, 0.15) is 37.5 Å². The second kappa shape index (κ2) is 6.75. The third-order valence-electron chi connectivity index (χ3n) is 5.63. The van der Waals surface area contributed by atoms with Gasteiger partial charge >= 0.3 is 11.8 Å². The Morgan fingerprint density at radius 3 is 2.24 bits per heavy atom. The highest BCUT2D eigenvalue weighted by molar-refractivity contribution is 5.93. The van der Waals surface area contributed by atoms with E-state index in [1.807, 2.05) is 6.07 Å². The zero-order valence-corrected chi connectivity index (χ0v) is 16.0. The van der Waals surface area contributed by atoms with Gasteiger partial charge in [-0.05, 0) is 37.1 Å². The van der Waals surface area contributed by atoms with Gasteiger partial charge < -0.3 is 9.47 Å². The van der Waals surface area contributed by atoms with Gasteiger partial charge in [-0.1, -0.05) is 42.5 Å². The molecule has 0 aromatic heterocycles. The summed E-state index contributed by atoms with van der Waals surface area (Å²) < 4.78 is 69.0. The maximum atomic E-state index is 14.9. The van der Waals surface area contributed by atoms with Crippen LogP contribution >= 0.6 is 0 Å². The lowest BCUT2D eigenvalue weighted by molar-refractivity contribution is -0.312. The van der Waals surface area contributed by atoms with E-state index in [1.165, 1.54) is 24.3 Å². The molecule has 7 heteroatoms. The summed E-state index contributed by atoms with van der Waals surface area (Å²) >= 11 is 0. The van der Waals surface area contributed by atoms with Crippen LogP contribution in [0.3, 0.4) is 0 Å². The molecule has 1 heterocycles. The Balaban J connectivity index is 1.74. The Bertz CT molecular complexity index is 914. The molecule has 2 aliphatic rings. The minimum absolute atomic E-state index is 0.0385. The highest BCUT2D eigenvalue weighted by atomic mass is 19.3. The van der Waals surface area contributed by atoms with Crippen LogP contribution in [0.2, 0.25) is 0 Å². The Hall–Kier alpha value is -2.57. The highest BCUT2D eigenvalue weighted by Gasteiger charge is 2.84. The lowest BCUT2D eigenvalue weighted by Crippen LogP contribution is -2.72. The molecule has 1 fully saturated rings. The van der Waals surface area contributed by atoms with Gasteiger partial charge in [-0.25, -0.2) is 4.99 Å². The third-order valence-corrected chi connectivity index (χ3v) is 5.63. The van der Waals surface area contributed by atoms with Crippen molar-refractivity contribution in [3.05, 3.63) is 65.7 Å². The number of nitrogens with zero attached hydrogens (tertiary/aromatic N) is 1. The summed E-state index contributed by atoms with van der Waals surface area (Å²) in [6.07, 6.45) is -1.66. The Labute approximate surface area is 166 Å². The van der Waals surface area contributed by atoms with E-state index in [4.69, 9.17) is 9.47 Å². The van der Waals surface area contributed by atoms with Gasteiger partial charge in [0.25, 0.3) is 0 Å². The Morgan fingerprint density at radius 1 is 1.03 bits per heavy atom. The molecule has 0 bridgehead atoms. The first-order valence-electron chi connectivity index (χ1n) is 9.52. The molecule has 2 aromatic rings. The number of benzene rings is 2. The van der Waals surface area contributed by atoms with Gasteiger partial charge in [0.1, 0.15) is 17.3 Å². The first kappa shape index (κ1) is 19.7. The summed E-state index contributed by atoms with van der Waals surface area (Å²) in [7, 11) is 0. The largest absolute Gasteiger partial charge is 0.494 e. The summed E-state index contributed by atoms with van der Waals surface area (Å²) in [6, 6.07) is 14.3. The van der Waals surface area contributed by atoms with Crippen molar-refractivity contribution in [3.8, 4) is 5.75 Å². The van der Waals surface area contributed by atoms with Crippen molar-refractivity contribution >= 4 is 5.90 Å². The second-order valence-corrected chi connectivity index (χ2v) is 7.44. The maximum absolute atomic E-state index is 14.9. The summed E-state index contributed by atoms with van der Waals surface area (Å²) in [4.78, 5) is 4.29. The van der Waals surface area contributed by atoms with Crippen molar-refractivity contribution in [3.63, 3.8) is 0 Å². The van der Waals surface area contributed by atoms with E-state index in [0.717, 1.165) is 5.56 Å². The average Bonchev–Trinajstić information content (AvgIpc) is 3.09. The predicted octanol–water partition coefficient (Wildman–Crippen LogP) is 5.56. The predicted molar refractivity (Wildman–Crippen MR) is 101 cm³/mol. The molecule has 0 amide bonds. The summed E-state index contributed by atoms with van der Waals surface area (Å²) in [5.41, 5.74) is -1.51. The first-order valence-corrected chi connectivity index (χ1v) is 9.52. The van der Waals surface area contributed by atoms with Crippen molar-refractivity contribution in [2.45, 2.75) is 49.7 Å². The van der Waals surface area contributed by atoms with Crippen LogP contribution in [-0.4, -0.2) is 30.4 Å². The molecular formula is C22H21F4NO2. The Kier molecular flexibility index (Phi) is 4.59.